The van der Waals surface area contributed by atoms with Crippen LogP contribution in [0.15, 0.2) is 24.3 Å². The second-order valence-electron chi connectivity index (χ2n) is 5.89. The molecule has 21 heavy (non-hydrogen) atoms. The van der Waals surface area contributed by atoms with Crippen LogP contribution in [0.3, 0.4) is 0 Å². The van der Waals surface area contributed by atoms with Crippen LogP contribution in [0.4, 0.5) is 10.1 Å². The zero-order valence-electron chi connectivity index (χ0n) is 12.8. The van der Waals surface area contributed by atoms with Crippen LogP contribution >= 0.6 is 0 Å². The number of anilines is 1. The van der Waals surface area contributed by atoms with E-state index in [1.54, 1.807) is 19.1 Å². The molecule has 0 bridgehead atoms. The summed E-state index contributed by atoms with van der Waals surface area (Å²) in [6.07, 6.45) is 5.47. The molecule has 116 valence electrons. The first-order valence-electron chi connectivity index (χ1n) is 7.77. The van der Waals surface area contributed by atoms with Crippen molar-refractivity contribution in [2.45, 2.75) is 51.5 Å². The minimum absolute atomic E-state index is 0.216. The molecule has 0 amide bonds. The summed E-state index contributed by atoms with van der Waals surface area (Å²) in [5.41, 5.74) is -0.180. The van der Waals surface area contributed by atoms with Gasteiger partial charge in [-0.05, 0) is 50.8 Å². The maximum atomic E-state index is 13.4. The molecule has 1 atom stereocenters. The highest BCUT2D eigenvalue weighted by Gasteiger charge is 2.43. The predicted molar refractivity (Wildman–Crippen MR) is 81.6 cm³/mol. The monoisotopic (exact) mass is 293 g/mol. The first-order valence-corrected chi connectivity index (χ1v) is 7.77. The molecule has 0 spiro atoms. The molecule has 1 aliphatic carbocycles. The SMILES string of the molecule is CCOC(=O)C(C)(Nc1cccc(F)c1)C1CCCCC1. The summed E-state index contributed by atoms with van der Waals surface area (Å²) in [7, 11) is 0. The first-order chi connectivity index (χ1) is 10.1. The van der Waals surface area contributed by atoms with Crippen LogP contribution in [0.25, 0.3) is 0 Å². The number of nitrogens with one attached hydrogen (secondary N) is 1. The molecule has 2 rings (SSSR count). The molecule has 1 saturated carbocycles. The maximum absolute atomic E-state index is 13.4. The number of carbonyl (C=O) groups excluding carboxylic acids is 1. The summed E-state index contributed by atoms with van der Waals surface area (Å²) in [4.78, 5) is 12.5. The van der Waals surface area contributed by atoms with Gasteiger partial charge in [0.25, 0.3) is 0 Å². The molecule has 4 heteroatoms. The van der Waals surface area contributed by atoms with Crippen molar-refractivity contribution >= 4 is 11.7 Å². The van der Waals surface area contributed by atoms with E-state index >= 15 is 0 Å². The van der Waals surface area contributed by atoms with Crippen molar-refractivity contribution in [3.63, 3.8) is 0 Å². The van der Waals surface area contributed by atoms with Crippen molar-refractivity contribution in [2.75, 3.05) is 11.9 Å². The summed E-state index contributed by atoms with van der Waals surface area (Å²) >= 11 is 0. The topological polar surface area (TPSA) is 38.3 Å². The fourth-order valence-corrected chi connectivity index (χ4v) is 3.15. The van der Waals surface area contributed by atoms with E-state index in [2.05, 4.69) is 5.32 Å². The highest BCUT2D eigenvalue weighted by atomic mass is 19.1. The Morgan fingerprint density at radius 1 is 1.38 bits per heavy atom. The van der Waals surface area contributed by atoms with Crippen LogP contribution in [0.5, 0.6) is 0 Å². The second kappa shape index (κ2) is 6.92. The third-order valence-corrected chi connectivity index (χ3v) is 4.35. The van der Waals surface area contributed by atoms with Gasteiger partial charge in [-0.3, -0.25) is 0 Å². The Morgan fingerprint density at radius 3 is 2.71 bits per heavy atom. The Bertz CT molecular complexity index is 485. The number of halogens is 1. The van der Waals surface area contributed by atoms with E-state index in [9.17, 15) is 9.18 Å². The van der Waals surface area contributed by atoms with Crippen molar-refractivity contribution in [3.05, 3.63) is 30.1 Å². The molecule has 1 unspecified atom stereocenters. The normalized spacial score (nSPS) is 18.8. The van der Waals surface area contributed by atoms with E-state index in [1.165, 1.54) is 18.6 Å². The number of hydrogen-bond acceptors (Lipinski definition) is 3. The van der Waals surface area contributed by atoms with Crippen molar-refractivity contribution < 1.29 is 13.9 Å². The minimum Gasteiger partial charge on any atom is -0.464 e. The zero-order valence-corrected chi connectivity index (χ0v) is 12.8. The highest BCUT2D eigenvalue weighted by Crippen LogP contribution is 2.36. The molecule has 1 N–H and O–H groups in total. The third kappa shape index (κ3) is 3.74. The molecule has 0 radical (unpaired) electrons. The molecular formula is C17H24FNO2. The van der Waals surface area contributed by atoms with Gasteiger partial charge in [0.15, 0.2) is 0 Å². The molecule has 1 fully saturated rings. The van der Waals surface area contributed by atoms with Gasteiger partial charge >= 0.3 is 5.97 Å². The Hall–Kier alpha value is -1.58. The molecular weight excluding hydrogens is 269 g/mol. The number of benzene rings is 1. The summed E-state index contributed by atoms with van der Waals surface area (Å²) in [6.45, 7) is 4.04. The number of carbonyl (C=O) groups is 1. The first kappa shape index (κ1) is 15.8. The van der Waals surface area contributed by atoms with Crippen molar-refractivity contribution in [1.29, 1.82) is 0 Å². The second-order valence-corrected chi connectivity index (χ2v) is 5.89. The van der Waals surface area contributed by atoms with Crippen LogP contribution in [0.2, 0.25) is 0 Å². The minimum atomic E-state index is -0.801. The standard InChI is InChI=1S/C17H24FNO2/c1-3-21-16(20)17(2,13-8-5-4-6-9-13)19-15-11-7-10-14(18)12-15/h7,10-13,19H,3-6,8-9H2,1-2H3. The molecule has 0 saturated heterocycles. The van der Waals surface area contributed by atoms with Gasteiger partial charge in [-0.25, -0.2) is 9.18 Å². The Kier molecular flexibility index (Phi) is 5.21. The fraction of sp³-hybridized carbons (Fsp3) is 0.588. The molecule has 1 aromatic rings. The summed E-state index contributed by atoms with van der Waals surface area (Å²) < 4.78 is 18.6. The highest BCUT2D eigenvalue weighted by molar-refractivity contribution is 5.84. The lowest BCUT2D eigenvalue weighted by atomic mass is 9.75. The van der Waals surface area contributed by atoms with Crippen LogP contribution in [0, 0.1) is 11.7 Å². The van der Waals surface area contributed by atoms with E-state index in [0.29, 0.717) is 12.3 Å². The lowest BCUT2D eigenvalue weighted by Gasteiger charge is -2.39. The third-order valence-electron chi connectivity index (χ3n) is 4.35. The number of rotatable bonds is 5. The Balaban J connectivity index is 2.24. The smallest absolute Gasteiger partial charge is 0.331 e. The van der Waals surface area contributed by atoms with Gasteiger partial charge in [-0.1, -0.05) is 25.3 Å². The van der Waals surface area contributed by atoms with Crippen molar-refractivity contribution in [3.8, 4) is 0 Å². The van der Waals surface area contributed by atoms with E-state index in [4.69, 9.17) is 4.74 Å². The zero-order chi connectivity index (χ0) is 15.3. The van der Waals surface area contributed by atoms with Gasteiger partial charge in [0, 0.05) is 5.69 Å². The quantitative estimate of drug-likeness (QED) is 0.829. The molecule has 0 aromatic heterocycles. The van der Waals surface area contributed by atoms with E-state index in [0.717, 1.165) is 25.7 Å². The lowest BCUT2D eigenvalue weighted by Crippen LogP contribution is -2.51. The van der Waals surface area contributed by atoms with Crippen LogP contribution in [-0.4, -0.2) is 18.1 Å². The van der Waals surface area contributed by atoms with Gasteiger partial charge in [0.1, 0.15) is 11.4 Å². The Labute approximate surface area is 125 Å². The van der Waals surface area contributed by atoms with E-state index < -0.39 is 5.54 Å². The van der Waals surface area contributed by atoms with Crippen molar-refractivity contribution in [1.82, 2.24) is 0 Å². The summed E-state index contributed by atoms with van der Waals surface area (Å²) in [6, 6.07) is 6.24. The average molecular weight is 293 g/mol. The largest absolute Gasteiger partial charge is 0.464 e. The van der Waals surface area contributed by atoms with E-state index in [1.807, 2.05) is 6.92 Å². The summed E-state index contributed by atoms with van der Waals surface area (Å²) in [5.74, 6) is -0.343. The molecule has 0 heterocycles. The molecule has 1 aliphatic rings. The number of hydrogen-bond donors (Lipinski definition) is 1. The maximum Gasteiger partial charge on any atom is 0.331 e. The van der Waals surface area contributed by atoms with Crippen LogP contribution in [-0.2, 0) is 9.53 Å². The summed E-state index contributed by atoms with van der Waals surface area (Å²) in [5, 5.41) is 3.24. The van der Waals surface area contributed by atoms with E-state index in [-0.39, 0.29) is 17.7 Å². The molecule has 3 nitrogen and oxygen atoms in total. The predicted octanol–water partition coefficient (Wildman–Crippen LogP) is 4.14. The lowest BCUT2D eigenvalue weighted by molar-refractivity contribution is -0.150. The number of esters is 1. The number of ether oxygens (including phenoxy) is 1. The molecule has 1 aromatic carbocycles. The van der Waals surface area contributed by atoms with Gasteiger partial charge in [0.05, 0.1) is 6.61 Å². The average Bonchev–Trinajstić information content (AvgIpc) is 2.48. The van der Waals surface area contributed by atoms with Crippen LogP contribution < -0.4 is 5.32 Å². The van der Waals surface area contributed by atoms with Crippen molar-refractivity contribution in [2.24, 2.45) is 5.92 Å². The van der Waals surface area contributed by atoms with Gasteiger partial charge < -0.3 is 10.1 Å². The molecule has 0 aliphatic heterocycles. The van der Waals surface area contributed by atoms with Gasteiger partial charge in [-0.2, -0.15) is 0 Å². The van der Waals surface area contributed by atoms with Gasteiger partial charge in [0.2, 0.25) is 0 Å². The van der Waals surface area contributed by atoms with Gasteiger partial charge in [-0.15, -0.1) is 0 Å². The Morgan fingerprint density at radius 2 is 2.10 bits per heavy atom. The van der Waals surface area contributed by atoms with Crippen LogP contribution in [0.1, 0.15) is 46.0 Å². The fourth-order valence-electron chi connectivity index (χ4n) is 3.15.